The fraction of sp³-hybridized carbons (Fsp3) is 0.526. The lowest BCUT2D eigenvalue weighted by Gasteiger charge is -2.25. The predicted molar refractivity (Wildman–Crippen MR) is 104 cm³/mol. The van der Waals surface area contributed by atoms with Crippen LogP contribution in [0.15, 0.2) is 24.5 Å². The number of fused-ring (bicyclic) bond motifs is 1. The van der Waals surface area contributed by atoms with E-state index in [4.69, 9.17) is 9.90 Å². The molecule has 2 atom stereocenters. The molecule has 4 heterocycles. The van der Waals surface area contributed by atoms with Gasteiger partial charge in [0.2, 0.25) is 0 Å². The van der Waals surface area contributed by atoms with Crippen molar-refractivity contribution in [2.24, 2.45) is 7.05 Å². The Bertz CT molecular complexity index is 911. The Morgan fingerprint density at radius 1 is 1.23 bits per heavy atom. The first-order valence-electron chi connectivity index (χ1n) is 9.45. The zero-order chi connectivity index (χ0) is 22.1. The number of carboxylic acids is 1. The SMILES string of the molecule is Cc1ccc(CN2CC[C@H]3[C@H]2CCN3C(=O)c2cnn(C)c2)s1.O=C(O)C(F)(F)F. The molecule has 30 heavy (non-hydrogen) atoms. The topological polar surface area (TPSA) is 78.7 Å². The van der Waals surface area contributed by atoms with Gasteiger partial charge in [0.05, 0.1) is 11.8 Å². The maximum atomic E-state index is 12.7. The summed E-state index contributed by atoms with van der Waals surface area (Å²) in [7, 11) is 1.85. The van der Waals surface area contributed by atoms with Crippen molar-refractivity contribution in [2.45, 2.75) is 44.6 Å². The molecule has 1 N–H and O–H groups in total. The van der Waals surface area contributed by atoms with Crippen LogP contribution in [0.1, 0.15) is 33.0 Å². The molecule has 164 valence electrons. The van der Waals surface area contributed by atoms with Crippen molar-refractivity contribution in [3.8, 4) is 0 Å². The molecule has 0 bridgehead atoms. The molecule has 2 aliphatic rings. The quantitative estimate of drug-likeness (QED) is 0.788. The molecule has 2 saturated heterocycles. The summed E-state index contributed by atoms with van der Waals surface area (Å²) in [5.41, 5.74) is 0.709. The number of halogens is 3. The summed E-state index contributed by atoms with van der Waals surface area (Å²) in [6.07, 6.45) is 0.579. The lowest BCUT2D eigenvalue weighted by molar-refractivity contribution is -0.192. The maximum absolute atomic E-state index is 12.7. The number of aryl methyl sites for hydroxylation is 2. The highest BCUT2D eigenvalue weighted by Crippen LogP contribution is 2.34. The van der Waals surface area contributed by atoms with E-state index >= 15 is 0 Å². The van der Waals surface area contributed by atoms with Crippen LogP contribution < -0.4 is 0 Å². The second kappa shape index (κ2) is 8.76. The number of carbonyl (C=O) groups is 2. The zero-order valence-corrected chi connectivity index (χ0v) is 17.4. The van der Waals surface area contributed by atoms with Gasteiger partial charge in [0.25, 0.3) is 5.91 Å². The molecule has 4 rings (SSSR count). The van der Waals surface area contributed by atoms with Gasteiger partial charge in [-0.1, -0.05) is 0 Å². The van der Waals surface area contributed by atoms with E-state index in [1.165, 1.54) is 9.75 Å². The minimum atomic E-state index is -5.08. The minimum absolute atomic E-state index is 0.138. The number of rotatable bonds is 3. The van der Waals surface area contributed by atoms with Crippen LogP contribution in [0, 0.1) is 6.92 Å². The highest BCUT2D eigenvalue weighted by Gasteiger charge is 2.44. The van der Waals surface area contributed by atoms with Crippen LogP contribution in [0.3, 0.4) is 0 Å². The number of hydrogen-bond acceptors (Lipinski definition) is 5. The van der Waals surface area contributed by atoms with Crippen LogP contribution in [0.2, 0.25) is 0 Å². The third kappa shape index (κ3) is 5.01. The number of aliphatic carboxylic acids is 1. The smallest absolute Gasteiger partial charge is 0.475 e. The first-order valence-corrected chi connectivity index (χ1v) is 10.3. The van der Waals surface area contributed by atoms with Crippen LogP contribution in [0.5, 0.6) is 0 Å². The van der Waals surface area contributed by atoms with Gasteiger partial charge in [-0.05, 0) is 31.9 Å². The summed E-state index contributed by atoms with van der Waals surface area (Å²) in [5.74, 6) is -2.62. The predicted octanol–water partition coefficient (Wildman–Crippen LogP) is 2.91. The number of alkyl halides is 3. The van der Waals surface area contributed by atoms with Crippen molar-refractivity contribution in [2.75, 3.05) is 13.1 Å². The first-order chi connectivity index (χ1) is 14.1. The highest BCUT2D eigenvalue weighted by molar-refractivity contribution is 7.11. The zero-order valence-electron chi connectivity index (χ0n) is 16.6. The van der Waals surface area contributed by atoms with Crippen LogP contribution in [-0.4, -0.2) is 67.9 Å². The summed E-state index contributed by atoms with van der Waals surface area (Å²) in [5, 5.41) is 11.3. The summed E-state index contributed by atoms with van der Waals surface area (Å²) in [6, 6.07) is 5.31. The standard InChI is InChI=1S/C17H22N4OS.C2HF3O2/c1-12-3-4-14(23-12)11-20-7-5-16-15(20)6-8-21(16)17(22)13-9-18-19(2)10-13;3-2(4,5)1(6)7/h3-4,9-10,15-16H,5-8,11H2,1-2H3;(H,6,7)/t15-,16+;/m1./s1. The number of thiophene rings is 1. The Kier molecular flexibility index (Phi) is 6.51. The van der Waals surface area contributed by atoms with Crippen molar-refractivity contribution in [3.63, 3.8) is 0 Å². The average molecular weight is 444 g/mol. The maximum Gasteiger partial charge on any atom is 0.490 e. The van der Waals surface area contributed by atoms with Crippen LogP contribution in [0.4, 0.5) is 13.2 Å². The molecule has 0 spiro atoms. The molecule has 0 aromatic carbocycles. The summed E-state index contributed by atoms with van der Waals surface area (Å²) in [6.45, 7) is 5.13. The van der Waals surface area contributed by atoms with E-state index in [0.29, 0.717) is 17.6 Å². The molecular formula is C19H23F3N4O3S. The van der Waals surface area contributed by atoms with Crippen molar-refractivity contribution in [3.05, 3.63) is 39.8 Å². The van der Waals surface area contributed by atoms with E-state index in [1.807, 2.05) is 24.6 Å². The van der Waals surface area contributed by atoms with E-state index in [9.17, 15) is 18.0 Å². The Labute approximate surface area is 175 Å². The number of carbonyl (C=O) groups excluding carboxylic acids is 1. The number of carboxylic acid groups (broad SMARTS) is 1. The lowest BCUT2D eigenvalue weighted by atomic mass is 10.1. The normalized spacial score (nSPS) is 21.3. The Morgan fingerprint density at radius 3 is 2.43 bits per heavy atom. The molecule has 1 amide bonds. The van der Waals surface area contributed by atoms with Crippen molar-refractivity contribution >= 4 is 23.2 Å². The van der Waals surface area contributed by atoms with Crippen LogP contribution >= 0.6 is 11.3 Å². The van der Waals surface area contributed by atoms with Gasteiger partial charge in [-0.3, -0.25) is 14.4 Å². The van der Waals surface area contributed by atoms with Crippen molar-refractivity contribution in [1.29, 1.82) is 0 Å². The third-order valence-electron chi connectivity index (χ3n) is 5.30. The van der Waals surface area contributed by atoms with Gasteiger partial charge >= 0.3 is 12.1 Å². The van der Waals surface area contributed by atoms with Crippen molar-refractivity contribution < 1.29 is 27.9 Å². The summed E-state index contributed by atoms with van der Waals surface area (Å²) >= 11 is 1.88. The molecular weight excluding hydrogens is 421 g/mol. The number of aromatic nitrogens is 2. The molecule has 0 aliphatic carbocycles. The number of amides is 1. The van der Waals surface area contributed by atoms with Gasteiger partial charge in [0, 0.05) is 54.7 Å². The molecule has 0 radical (unpaired) electrons. The van der Waals surface area contributed by atoms with E-state index in [2.05, 4.69) is 34.0 Å². The number of hydrogen-bond donors (Lipinski definition) is 1. The average Bonchev–Trinajstić information content (AvgIpc) is 3.41. The molecule has 0 unspecified atom stereocenters. The van der Waals surface area contributed by atoms with Gasteiger partial charge in [-0.25, -0.2) is 4.79 Å². The van der Waals surface area contributed by atoms with Gasteiger partial charge in [0.1, 0.15) is 0 Å². The Hall–Kier alpha value is -2.40. The molecule has 7 nitrogen and oxygen atoms in total. The van der Waals surface area contributed by atoms with Gasteiger partial charge in [0.15, 0.2) is 0 Å². The highest BCUT2D eigenvalue weighted by atomic mass is 32.1. The van der Waals surface area contributed by atoms with Crippen molar-refractivity contribution in [1.82, 2.24) is 19.6 Å². The minimum Gasteiger partial charge on any atom is -0.475 e. The molecule has 2 aromatic rings. The number of likely N-dealkylation sites (tertiary alicyclic amines) is 2. The van der Waals surface area contributed by atoms with E-state index in [-0.39, 0.29) is 5.91 Å². The lowest BCUT2D eigenvalue weighted by Crippen LogP contribution is -2.39. The molecule has 2 fully saturated rings. The first kappa shape index (κ1) is 22.3. The second-order valence-electron chi connectivity index (χ2n) is 7.40. The van der Waals surface area contributed by atoms with Gasteiger partial charge in [-0.2, -0.15) is 18.3 Å². The largest absolute Gasteiger partial charge is 0.490 e. The molecule has 11 heteroatoms. The van der Waals surface area contributed by atoms with Gasteiger partial charge in [-0.15, -0.1) is 11.3 Å². The van der Waals surface area contributed by atoms with E-state index in [0.717, 1.165) is 32.5 Å². The molecule has 2 aromatic heterocycles. The van der Waals surface area contributed by atoms with E-state index < -0.39 is 12.1 Å². The molecule has 2 aliphatic heterocycles. The number of nitrogens with zero attached hydrogens (tertiary/aromatic N) is 4. The Balaban J connectivity index is 0.000000318. The monoisotopic (exact) mass is 444 g/mol. The van der Waals surface area contributed by atoms with E-state index in [1.54, 1.807) is 10.9 Å². The van der Waals surface area contributed by atoms with Crippen LogP contribution in [0.25, 0.3) is 0 Å². The summed E-state index contributed by atoms with van der Waals surface area (Å²) < 4.78 is 33.4. The Morgan fingerprint density at radius 2 is 1.90 bits per heavy atom. The summed E-state index contributed by atoms with van der Waals surface area (Å²) in [4.78, 5) is 29.1. The van der Waals surface area contributed by atoms with Gasteiger partial charge < -0.3 is 10.0 Å². The fourth-order valence-corrected chi connectivity index (χ4v) is 4.91. The third-order valence-corrected chi connectivity index (χ3v) is 6.29. The molecule has 0 saturated carbocycles. The second-order valence-corrected chi connectivity index (χ2v) is 8.77. The fourth-order valence-electron chi connectivity index (χ4n) is 3.99. The van der Waals surface area contributed by atoms with Crippen LogP contribution in [-0.2, 0) is 18.4 Å².